The highest BCUT2D eigenvalue weighted by molar-refractivity contribution is 5.76. The summed E-state index contributed by atoms with van der Waals surface area (Å²) in [5, 5.41) is 9.05. The van der Waals surface area contributed by atoms with Gasteiger partial charge in [0.05, 0.1) is 7.11 Å². The van der Waals surface area contributed by atoms with Crippen molar-refractivity contribution in [2.45, 2.75) is 32.9 Å². The van der Waals surface area contributed by atoms with E-state index in [0.717, 1.165) is 5.56 Å². The lowest BCUT2D eigenvalue weighted by molar-refractivity contribution is -0.149. The van der Waals surface area contributed by atoms with Crippen molar-refractivity contribution in [2.24, 2.45) is 5.92 Å². The number of aliphatic hydroxyl groups is 1. The van der Waals surface area contributed by atoms with Gasteiger partial charge in [-0.25, -0.2) is 0 Å². The van der Waals surface area contributed by atoms with Gasteiger partial charge in [-0.1, -0.05) is 44.2 Å². The topological polar surface area (TPSA) is 49.8 Å². The van der Waals surface area contributed by atoms with E-state index in [4.69, 9.17) is 9.84 Å². The Morgan fingerprint density at radius 2 is 1.95 bits per heavy atom. The molecule has 1 N–H and O–H groups in total. The summed E-state index contributed by atoms with van der Waals surface area (Å²) < 4.78 is 4.93. The third-order valence-corrected chi connectivity index (χ3v) is 3.30. The fraction of sp³-hybridized carbons (Fsp3) is 0.562. The zero-order valence-corrected chi connectivity index (χ0v) is 12.6. The van der Waals surface area contributed by atoms with Crippen LogP contribution in [0.15, 0.2) is 30.3 Å². The Labute approximate surface area is 121 Å². The quantitative estimate of drug-likeness (QED) is 0.740. The van der Waals surface area contributed by atoms with Crippen LogP contribution in [0.3, 0.4) is 0 Å². The van der Waals surface area contributed by atoms with E-state index in [-0.39, 0.29) is 24.5 Å². The Morgan fingerprint density at radius 1 is 1.30 bits per heavy atom. The van der Waals surface area contributed by atoms with E-state index >= 15 is 0 Å². The van der Waals surface area contributed by atoms with Gasteiger partial charge in [-0.3, -0.25) is 9.69 Å². The number of esters is 1. The highest BCUT2D eigenvalue weighted by Crippen LogP contribution is 2.16. The summed E-state index contributed by atoms with van der Waals surface area (Å²) in [7, 11) is 1.42. The number of rotatable bonds is 8. The van der Waals surface area contributed by atoms with Gasteiger partial charge in [-0.15, -0.1) is 0 Å². The van der Waals surface area contributed by atoms with E-state index in [2.05, 4.69) is 4.90 Å². The molecule has 0 aliphatic rings. The van der Waals surface area contributed by atoms with Gasteiger partial charge in [-0.2, -0.15) is 0 Å². The maximum absolute atomic E-state index is 12.0. The van der Waals surface area contributed by atoms with Gasteiger partial charge in [-0.05, 0) is 17.9 Å². The number of carbonyl (C=O) groups is 1. The second-order valence-corrected chi connectivity index (χ2v) is 5.25. The van der Waals surface area contributed by atoms with Crippen LogP contribution in [0.2, 0.25) is 0 Å². The maximum Gasteiger partial charge on any atom is 0.323 e. The van der Waals surface area contributed by atoms with E-state index in [1.165, 1.54) is 7.11 Å². The van der Waals surface area contributed by atoms with Crippen LogP contribution in [0.1, 0.15) is 25.8 Å². The normalized spacial score (nSPS) is 12.7. The molecule has 0 radical (unpaired) electrons. The maximum atomic E-state index is 12.0. The summed E-state index contributed by atoms with van der Waals surface area (Å²) in [6.07, 6.45) is 0.646. The van der Waals surface area contributed by atoms with Gasteiger partial charge in [0.1, 0.15) is 6.04 Å². The van der Waals surface area contributed by atoms with E-state index in [1.807, 2.05) is 44.2 Å². The first-order chi connectivity index (χ1) is 9.60. The minimum Gasteiger partial charge on any atom is -0.468 e. The molecule has 20 heavy (non-hydrogen) atoms. The molecule has 0 fully saturated rings. The van der Waals surface area contributed by atoms with E-state index in [9.17, 15) is 4.79 Å². The molecule has 4 heteroatoms. The third kappa shape index (κ3) is 4.94. The number of hydrogen-bond acceptors (Lipinski definition) is 4. The van der Waals surface area contributed by atoms with Crippen LogP contribution in [-0.4, -0.2) is 42.3 Å². The monoisotopic (exact) mass is 279 g/mol. The summed E-state index contributed by atoms with van der Waals surface area (Å²) >= 11 is 0. The molecule has 0 aromatic heterocycles. The molecule has 1 rings (SSSR count). The van der Waals surface area contributed by atoms with Crippen LogP contribution in [-0.2, 0) is 16.1 Å². The number of carbonyl (C=O) groups excluding carboxylic acids is 1. The molecule has 0 heterocycles. The number of nitrogens with zero attached hydrogens (tertiary/aromatic N) is 1. The van der Waals surface area contributed by atoms with E-state index in [1.54, 1.807) is 0 Å². The van der Waals surface area contributed by atoms with Gasteiger partial charge < -0.3 is 9.84 Å². The van der Waals surface area contributed by atoms with Crippen LogP contribution in [0, 0.1) is 5.92 Å². The molecule has 1 aromatic rings. The standard InChI is InChI=1S/C16H25NO3/c1-13(2)15(16(19)20-3)17(10-7-11-18)12-14-8-5-4-6-9-14/h4-6,8-9,13,15,18H,7,10-12H2,1-3H3/t15-/m0/s1. The number of methoxy groups -OCH3 is 1. The van der Waals surface area contributed by atoms with Crippen molar-refractivity contribution >= 4 is 5.97 Å². The van der Waals surface area contributed by atoms with Crippen molar-refractivity contribution in [1.82, 2.24) is 4.90 Å². The van der Waals surface area contributed by atoms with Gasteiger partial charge in [0.15, 0.2) is 0 Å². The molecule has 0 bridgehead atoms. The first-order valence-electron chi connectivity index (χ1n) is 7.06. The molecule has 4 nitrogen and oxygen atoms in total. The summed E-state index contributed by atoms with van der Waals surface area (Å²) in [6, 6.07) is 9.75. The van der Waals surface area contributed by atoms with Gasteiger partial charge in [0.2, 0.25) is 0 Å². The van der Waals surface area contributed by atoms with Crippen molar-refractivity contribution < 1.29 is 14.6 Å². The SMILES string of the molecule is COC(=O)[C@H](C(C)C)N(CCCO)Cc1ccccc1. The third-order valence-electron chi connectivity index (χ3n) is 3.30. The molecule has 1 aromatic carbocycles. The smallest absolute Gasteiger partial charge is 0.323 e. The molecule has 1 atom stereocenters. The summed E-state index contributed by atoms with van der Waals surface area (Å²) in [6.45, 7) is 5.50. The number of ether oxygens (including phenoxy) is 1. The Hall–Kier alpha value is -1.39. The first kappa shape index (κ1) is 16.7. The Balaban J connectivity index is 2.87. The van der Waals surface area contributed by atoms with Gasteiger partial charge in [0, 0.05) is 19.7 Å². The van der Waals surface area contributed by atoms with Crippen LogP contribution >= 0.6 is 0 Å². The Morgan fingerprint density at radius 3 is 2.45 bits per heavy atom. The molecular formula is C16H25NO3. The predicted octanol–water partition coefficient (Wildman–Crippen LogP) is 2.07. The van der Waals surface area contributed by atoms with Crippen LogP contribution in [0.5, 0.6) is 0 Å². The highest BCUT2D eigenvalue weighted by atomic mass is 16.5. The highest BCUT2D eigenvalue weighted by Gasteiger charge is 2.29. The molecule has 0 amide bonds. The number of benzene rings is 1. The predicted molar refractivity (Wildman–Crippen MR) is 79.2 cm³/mol. The van der Waals surface area contributed by atoms with Crippen LogP contribution in [0.4, 0.5) is 0 Å². The first-order valence-corrected chi connectivity index (χ1v) is 7.06. The fourth-order valence-electron chi connectivity index (χ4n) is 2.37. The zero-order chi connectivity index (χ0) is 15.0. The zero-order valence-electron chi connectivity index (χ0n) is 12.6. The largest absolute Gasteiger partial charge is 0.468 e. The van der Waals surface area contributed by atoms with Crippen molar-refractivity contribution in [2.75, 3.05) is 20.3 Å². The molecular weight excluding hydrogens is 254 g/mol. The molecule has 0 saturated heterocycles. The molecule has 0 spiro atoms. The number of hydrogen-bond donors (Lipinski definition) is 1. The molecule has 0 unspecified atom stereocenters. The molecule has 112 valence electrons. The van der Waals surface area contributed by atoms with Crippen molar-refractivity contribution in [1.29, 1.82) is 0 Å². The van der Waals surface area contributed by atoms with Crippen molar-refractivity contribution in [3.63, 3.8) is 0 Å². The van der Waals surface area contributed by atoms with Gasteiger partial charge in [0.25, 0.3) is 0 Å². The lowest BCUT2D eigenvalue weighted by atomic mass is 10.0. The minimum atomic E-state index is -0.285. The second-order valence-electron chi connectivity index (χ2n) is 5.25. The van der Waals surface area contributed by atoms with E-state index < -0.39 is 0 Å². The lowest BCUT2D eigenvalue weighted by Gasteiger charge is -2.32. The molecule has 0 aliphatic carbocycles. The van der Waals surface area contributed by atoms with Crippen molar-refractivity contribution in [3.05, 3.63) is 35.9 Å². The average molecular weight is 279 g/mol. The summed E-state index contributed by atoms with van der Waals surface area (Å²) in [5.41, 5.74) is 1.15. The fourth-order valence-corrected chi connectivity index (χ4v) is 2.37. The Bertz CT molecular complexity index is 392. The molecule has 0 saturated carbocycles. The van der Waals surface area contributed by atoms with Gasteiger partial charge >= 0.3 is 5.97 Å². The molecule has 0 aliphatic heterocycles. The lowest BCUT2D eigenvalue weighted by Crippen LogP contribution is -2.45. The minimum absolute atomic E-state index is 0.122. The summed E-state index contributed by atoms with van der Waals surface area (Å²) in [5.74, 6) is -0.0567. The van der Waals surface area contributed by atoms with E-state index in [0.29, 0.717) is 19.5 Å². The Kier molecular flexibility index (Phi) is 7.26. The second kappa shape index (κ2) is 8.72. The van der Waals surface area contributed by atoms with Crippen molar-refractivity contribution in [3.8, 4) is 0 Å². The average Bonchev–Trinajstić information content (AvgIpc) is 2.45. The van der Waals surface area contributed by atoms with Crippen LogP contribution < -0.4 is 0 Å². The van der Waals surface area contributed by atoms with Crippen LogP contribution in [0.25, 0.3) is 0 Å². The summed E-state index contributed by atoms with van der Waals surface area (Å²) in [4.78, 5) is 14.1. The number of aliphatic hydroxyl groups excluding tert-OH is 1.